The number of carbonyl (C=O) groups excluding carboxylic acids is 3. The number of benzene rings is 1. The summed E-state index contributed by atoms with van der Waals surface area (Å²) in [5.41, 5.74) is 2.98. The van der Waals surface area contributed by atoms with Gasteiger partial charge in [0.05, 0.1) is 5.92 Å². The normalized spacial score (nSPS) is 11.6. The smallest absolute Gasteiger partial charge is 0.281 e. The lowest BCUT2D eigenvalue weighted by molar-refractivity contribution is -0.131. The summed E-state index contributed by atoms with van der Waals surface area (Å²) < 4.78 is 0. The van der Waals surface area contributed by atoms with E-state index in [0.29, 0.717) is 18.4 Å². The van der Waals surface area contributed by atoms with Crippen molar-refractivity contribution in [3.63, 3.8) is 0 Å². The zero-order valence-electron chi connectivity index (χ0n) is 19.5. The Labute approximate surface area is 195 Å². The SMILES string of the molecule is CCCCCCCCC(=O)N(C)C(=O)c1nnccc1[C@H](CCc1ccccc1)C(=O)NO. The third-order valence-electron chi connectivity index (χ3n) is 5.74. The monoisotopic (exact) mass is 454 g/mol. The van der Waals surface area contributed by atoms with E-state index in [1.165, 1.54) is 25.7 Å². The van der Waals surface area contributed by atoms with Gasteiger partial charge in [-0.05, 0) is 36.5 Å². The van der Waals surface area contributed by atoms with E-state index >= 15 is 0 Å². The third kappa shape index (κ3) is 8.05. The molecular weight excluding hydrogens is 420 g/mol. The van der Waals surface area contributed by atoms with E-state index in [1.807, 2.05) is 30.3 Å². The predicted octanol–water partition coefficient (Wildman–Crippen LogP) is 4.05. The van der Waals surface area contributed by atoms with Crippen LogP contribution in [0.4, 0.5) is 0 Å². The zero-order valence-corrected chi connectivity index (χ0v) is 19.5. The van der Waals surface area contributed by atoms with Gasteiger partial charge >= 0.3 is 0 Å². The predicted molar refractivity (Wildman–Crippen MR) is 125 cm³/mol. The largest absolute Gasteiger partial charge is 0.289 e. The highest BCUT2D eigenvalue weighted by atomic mass is 16.5. The fourth-order valence-corrected chi connectivity index (χ4v) is 3.75. The Morgan fingerprint density at radius 2 is 1.73 bits per heavy atom. The van der Waals surface area contributed by atoms with Crippen LogP contribution in [-0.2, 0) is 16.0 Å². The fourth-order valence-electron chi connectivity index (χ4n) is 3.75. The average molecular weight is 455 g/mol. The molecule has 0 radical (unpaired) electrons. The number of unbranched alkanes of at least 4 members (excludes halogenated alkanes) is 5. The number of nitrogens with zero attached hydrogens (tertiary/aromatic N) is 3. The molecule has 33 heavy (non-hydrogen) atoms. The molecule has 0 saturated heterocycles. The molecule has 8 nitrogen and oxygen atoms in total. The molecule has 0 bridgehead atoms. The van der Waals surface area contributed by atoms with E-state index in [0.717, 1.165) is 42.6 Å². The van der Waals surface area contributed by atoms with Gasteiger partial charge in [-0.2, -0.15) is 5.10 Å². The number of amides is 3. The summed E-state index contributed by atoms with van der Waals surface area (Å²) >= 11 is 0. The maximum absolute atomic E-state index is 13.1. The van der Waals surface area contributed by atoms with E-state index < -0.39 is 17.7 Å². The summed E-state index contributed by atoms with van der Waals surface area (Å²) in [6.07, 6.45) is 8.82. The number of hydrogen-bond donors (Lipinski definition) is 2. The maximum atomic E-state index is 13.1. The highest BCUT2D eigenvalue weighted by Gasteiger charge is 2.29. The second kappa shape index (κ2) is 14.1. The van der Waals surface area contributed by atoms with Gasteiger partial charge in [0.25, 0.3) is 11.8 Å². The molecule has 2 rings (SSSR count). The number of hydrogen-bond acceptors (Lipinski definition) is 6. The van der Waals surface area contributed by atoms with Crippen LogP contribution in [0.5, 0.6) is 0 Å². The van der Waals surface area contributed by atoms with Crippen molar-refractivity contribution in [2.45, 2.75) is 70.6 Å². The molecular formula is C25H34N4O4. The Morgan fingerprint density at radius 1 is 1.03 bits per heavy atom. The number of rotatable bonds is 13. The molecule has 0 aliphatic rings. The summed E-state index contributed by atoms with van der Waals surface area (Å²) in [7, 11) is 1.42. The van der Waals surface area contributed by atoms with E-state index in [1.54, 1.807) is 5.48 Å². The molecule has 178 valence electrons. The molecule has 1 heterocycles. The Hall–Kier alpha value is -3.13. The molecule has 3 amide bonds. The van der Waals surface area contributed by atoms with E-state index in [-0.39, 0.29) is 18.0 Å². The first-order chi connectivity index (χ1) is 16.0. The third-order valence-corrected chi connectivity index (χ3v) is 5.74. The van der Waals surface area contributed by atoms with Crippen molar-refractivity contribution in [1.82, 2.24) is 20.6 Å². The van der Waals surface area contributed by atoms with E-state index in [2.05, 4.69) is 17.1 Å². The van der Waals surface area contributed by atoms with Gasteiger partial charge in [0, 0.05) is 19.7 Å². The number of nitrogens with one attached hydrogen (secondary N) is 1. The molecule has 1 atom stereocenters. The van der Waals surface area contributed by atoms with Crippen LogP contribution in [-0.4, -0.2) is 45.1 Å². The van der Waals surface area contributed by atoms with Crippen molar-refractivity contribution in [3.8, 4) is 0 Å². The molecule has 0 aliphatic heterocycles. The van der Waals surface area contributed by atoms with Gasteiger partial charge in [0.1, 0.15) is 0 Å². The average Bonchev–Trinajstić information content (AvgIpc) is 2.85. The minimum Gasteiger partial charge on any atom is -0.289 e. The Morgan fingerprint density at radius 3 is 2.42 bits per heavy atom. The molecule has 1 aromatic heterocycles. The molecule has 8 heteroatoms. The van der Waals surface area contributed by atoms with Crippen molar-refractivity contribution in [2.24, 2.45) is 0 Å². The van der Waals surface area contributed by atoms with E-state index in [4.69, 9.17) is 0 Å². The number of aromatic nitrogens is 2. The van der Waals surface area contributed by atoms with Crippen LogP contribution in [0.2, 0.25) is 0 Å². The molecule has 2 N–H and O–H groups in total. The van der Waals surface area contributed by atoms with Crippen LogP contribution in [0.3, 0.4) is 0 Å². The van der Waals surface area contributed by atoms with Crippen molar-refractivity contribution < 1.29 is 19.6 Å². The maximum Gasteiger partial charge on any atom is 0.281 e. The van der Waals surface area contributed by atoms with E-state index in [9.17, 15) is 19.6 Å². The quantitative estimate of drug-likeness (QED) is 0.268. The summed E-state index contributed by atoms with van der Waals surface area (Å²) in [5.74, 6) is -2.37. The summed E-state index contributed by atoms with van der Waals surface area (Å²) in [5, 5.41) is 17.0. The van der Waals surface area contributed by atoms with Crippen LogP contribution in [0.15, 0.2) is 42.6 Å². The topological polar surface area (TPSA) is 112 Å². The highest BCUT2D eigenvalue weighted by molar-refractivity contribution is 6.04. The number of imide groups is 1. The van der Waals surface area contributed by atoms with Crippen LogP contribution in [0.1, 0.15) is 85.8 Å². The second-order valence-corrected chi connectivity index (χ2v) is 8.16. The number of aryl methyl sites for hydroxylation is 1. The van der Waals surface area contributed by atoms with Crippen LogP contribution < -0.4 is 5.48 Å². The Kier molecular flexibility index (Phi) is 11.2. The van der Waals surface area contributed by atoms with Crippen molar-refractivity contribution in [2.75, 3.05) is 7.05 Å². The van der Waals surface area contributed by atoms with Crippen molar-refractivity contribution in [3.05, 3.63) is 59.4 Å². The molecule has 2 aromatic rings. The van der Waals surface area contributed by atoms with Crippen LogP contribution in [0.25, 0.3) is 0 Å². The van der Waals surface area contributed by atoms with Gasteiger partial charge in [-0.15, -0.1) is 5.10 Å². The first kappa shape index (κ1) is 26.1. The molecule has 0 unspecified atom stereocenters. The van der Waals surface area contributed by atoms with Gasteiger partial charge in [-0.1, -0.05) is 69.4 Å². The fraction of sp³-hybridized carbons (Fsp3) is 0.480. The van der Waals surface area contributed by atoms with Gasteiger partial charge in [-0.3, -0.25) is 24.5 Å². The van der Waals surface area contributed by atoms with Gasteiger partial charge in [-0.25, -0.2) is 5.48 Å². The molecule has 1 aromatic carbocycles. The standard InChI is InChI=1S/C25H34N4O4/c1-3-4-5-6-7-11-14-22(30)29(2)25(32)23-20(17-18-26-27-23)21(24(31)28-33)16-15-19-12-9-8-10-13-19/h8-10,12-13,17-18,21,33H,3-7,11,14-16H2,1-2H3,(H,28,31)/t21-/m0/s1. The summed E-state index contributed by atoms with van der Waals surface area (Å²) in [4.78, 5) is 39.2. The first-order valence-electron chi connectivity index (χ1n) is 11.6. The lowest BCUT2D eigenvalue weighted by Crippen LogP contribution is -2.36. The minimum atomic E-state index is -0.827. The first-order valence-corrected chi connectivity index (χ1v) is 11.6. The number of hydroxylamine groups is 1. The van der Waals surface area contributed by atoms with Gasteiger partial charge < -0.3 is 0 Å². The molecule has 0 aliphatic carbocycles. The Balaban J connectivity index is 2.10. The lowest BCUT2D eigenvalue weighted by Gasteiger charge is -2.20. The van der Waals surface area contributed by atoms with Crippen LogP contribution in [0, 0.1) is 0 Å². The number of carbonyl (C=O) groups is 3. The van der Waals surface area contributed by atoms with Crippen molar-refractivity contribution >= 4 is 17.7 Å². The minimum absolute atomic E-state index is 0.0574. The summed E-state index contributed by atoms with van der Waals surface area (Å²) in [6, 6.07) is 11.1. The molecule has 0 spiro atoms. The van der Waals surface area contributed by atoms with Gasteiger partial charge in [0.15, 0.2) is 5.69 Å². The van der Waals surface area contributed by atoms with Gasteiger partial charge in [0.2, 0.25) is 5.91 Å². The Bertz CT molecular complexity index is 904. The lowest BCUT2D eigenvalue weighted by atomic mass is 9.90. The second-order valence-electron chi connectivity index (χ2n) is 8.16. The van der Waals surface area contributed by atoms with Crippen LogP contribution >= 0.6 is 0 Å². The highest BCUT2D eigenvalue weighted by Crippen LogP contribution is 2.25. The molecule has 0 fully saturated rings. The zero-order chi connectivity index (χ0) is 24.1. The molecule has 0 saturated carbocycles. The van der Waals surface area contributed by atoms with Crippen molar-refractivity contribution in [1.29, 1.82) is 0 Å². The summed E-state index contributed by atoms with van der Waals surface area (Å²) in [6.45, 7) is 2.15.